The second kappa shape index (κ2) is 4.63. The molecule has 4 heteroatoms. The van der Waals surface area contributed by atoms with Gasteiger partial charge in [0.2, 0.25) is 0 Å². The molecule has 0 aliphatic carbocycles. The fourth-order valence-corrected chi connectivity index (χ4v) is 3.15. The highest BCUT2D eigenvalue weighted by Crippen LogP contribution is 2.28. The van der Waals surface area contributed by atoms with E-state index in [0.717, 1.165) is 36.7 Å². The maximum Gasteiger partial charge on any atom is 0.120 e. The van der Waals surface area contributed by atoms with Crippen molar-refractivity contribution in [2.45, 2.75) is 13.3 Å². The Kier molecular flexibility index (Phi) is 2.99. The van der Waals surface area contributed by atoms with Crippen LogP contribution in [0.5, 0.6) is 5.75 Å². The number of nitrogens with zero attached hydrogens (tertiary/aromatic N) is 1. The summed E-state index contributed by atoms with van der Waals surface area (Å²) in [5.74, 6) is 1.72. The van der Waals surface area contributed by atoms with E-state index in [-0.39, 0.29) is 0 Å². The number of thiazole rings is 1. The Labute approximate surface area is 105 Å². The minimum Gasteiger partial charge on any atom is -0.494 e. The Morgan fingerprint density at radius 2 is 2.35 bits per heavy atom. The molecule has 0 bridgehead atoms. The van der Waals surface area contributed by atoms with Gasteiger partial charge in [-0.25, -0.2) is 4.98 Å². The molecule has 2 heterocycles. The number of ether oxygens (including phenoxy) is 1. The van der Waals surface area contributed by atoms with Crippen molar-refractivity contribution in [2.75, 3.05) is 19.7 Å². The first-order valence-electron chi connectivity index (χ1n) is 6.08. The van der Waals surface area contributed by atoms with E-state index in [9.17, 15) is 0 Å². The fourth-order valence-electron chi connectivity index (χ4n) is 2.04. The van der Waals surface area contributed by atoms with Crippen molar-refractivity contribution in [1.29, 1.82) is 0 Å². The molecule has 2 aromatic rings. The third-order valence-electron chi connectivity index (χ3n) is 3.04. The Morgan fingerprint density at radius 1 is 1.47 bits per heavy atom. The molecule has 1 saturated heterocycles. The molecular formula is C13H16N2OS. The van der Waals surface area contributed by atoms with Crippen LogP contribution < -0.4 is 10.1 Å². The average molecular weight is 248 g/mol. The van der Waals surface area contributed by atoms with E-state index in [1.165, 1.54) is 9.71 Å². The van der Waals surface area contributed by atoms with Crippen LogP contribution in [0.2, 0.25) is 0 Å². The summed E-state index contributed by atoms with van der Waals surface area (Å²) in [5, 5.41) is 4.55. The van der Waals surface area contributed by atoms with Gasteiger partial charge in [0.25, 0.3) is 0 Å². The van der Waals surface area contributed by atoms with Crippen LogP contribution in [-0.2, 0) is 6.42 Å². The molecule has 1 aliphatic rings. The van der Waals surface area contributed by atoms with Crippen molar-refractivity contribution in [2.24, 2.45) is 5.92 Å². The van der Waals surface area contributed by atoms with E-state index in [4.69, 9.17) is 4.74 Å². The third-order valence-corrected chi connectivity index (χ3v) is 4.09. The molecular weight excluding hydrogens is 232 g/mol. The van der Waals surface area contributed by atoms with Crippen molar-refractivity contribution in [3.8, 4) is 5.75 Å². The van der Waals surface area contributed by atoms with Gasteiger partial charge in [-0.05, 0) is 44.1 Å². The normalized spacial score (nSPS) is 16.1. The fraction of sp³-hybridized carbons (Fsp3) is 0.462. The van der Waals surface area contributed by atoms with Gasteiger partial charge in [-0.15, -0.1) is 11.3 Å². The molecule has 0 saturated carbocycles. The number of fused-ring (bicyclic) bond motifs is 1. The van der Waals surface area contributed by atoms with E-state index in [0.29, 0.717) is 6.61 Å². The molecule has 0 unspecified atom stereocenters. The summed E-state index contributed by atoms with van der Waals surface area (Å²) in [7, 11) is 0. The number of hydrogen-bond acceptors (Lipinski definition) is 4. The lowest BCUT2D eigenvalue weighted by atomic mass is 10.0. The number of benzene rings is 1. The van der Waals surface area contributed by atoms with Gasteiger partial charge in [-0.2, -0.15) is 0 Å². The van der Waals surface area contributed by atoms with Gasteiger partial charge in [-0.1, -0.05) is 0 Å². The highest BCUT2D eigenvalue weighted by Gasteiger charge is 2.18. The summed E-state index contributed by atoms with van der Waals surface area (Å²) in [6, 6.07) is 6.15. The first-order chi connectivity index (χ1) is 8.35. The monoisotopic (exact) mass is 248 g/mol. The van der Waals surface area contributed by atoms with Gasteiger partial charge in [0.1, 0.15) is 5.75 Å². The lowest BCUT2D eigenvalue weighted by Gasteiger charge is -2.25. The minimum absolute atomic E-state index is 0.713. The second-order valence-corrected chi connectivity index (χ2v) is 5.51. The van der Waals surface area contributed by atoms with Crippen LogP contribution in [0.25, 0.3) is 10.2 Å². The highest BCUT2D eigenvalue weighted by atomic mass is 32.1. The SMILES string of the molecule is CCOc1ccc2nc(CC3CNC3)sc2c1. The van der Waals surface area contributed by atoms with Gasteiger partial charge in [-0.3, -0.25) is 0 Å². The third kappa shape index (κ3) is 2.28. The molecule has 1 fully saturated rings. The molecule has 0 amide bonds. The van der Waals surface area contributed by atoms with Crippen LogP contribution in [0.15, 0.2) is 18.2 Å². The first-order valence-corrected chi connectivity index (χ1v) is 6.90. The van der Waals surface area contributed by atoms with Crippen molar-refractivity contribution in [3.63, 3.8) is 0 Å². The molecule has 1 aromatic heterocycles. The zero-order valence-electron chi connectivity index (χ0n) is 9.90. The predicted octanol–water partition coefficient (Wildman–Crippen LogP) is 2.46. The molecule has 3 rings (SSSR count). The molecule has 3 nitrogen and oxygen atoms in total. The number of aromatic nitrogens is 1. The lowest BCUT2D eigenvalue weighted by Crippen LogP contribution is -2.43. The average Bonchev–Trinajstić information content (AvgIpc) is 2.66. The Hall–Kier alpha value is -1.13. The zero-order chi connectivity index (χ0) is 11.7. The molecule has 0 atom stereocenters. The molecule has 1 aliphatic heterocycles. The van der Waals surface area contributed by atoms with E-state index >= 15 is 0 Å². The number of rotatable bonds is 4. The second-order valence-electron chi connectivity index (χ2n) is 4.40. The molecule has 0 radical (unpaired) electrons. The molecule has 17 heavy (non-hydrogen) atoms. The van der Waals surface area contributed by atoms with Crippen LogP contribution in [-0.4, -0.2) is 24.7 Å². The molecule has 0 spiro atoms. The van der Waals surface area contributed by atoms with Crippen molar-refractivity contribution in [3.05, 3.63) is 23.2 Å². The summed E-state index contributed by atoms with van der Waals surface area (Å²) < 4.78 is 6.74. The van der Waals surface area contributed by atoms with Crippen LogP contribution >= 0.6 is 11.3 Å². The molecule has 1 aromatic carbocycles. The van der Waals surface area contributed by atoms with Gasteiger partial charge in [0, 0.05) is 6.42 Å². The van der Waals surface area contributed by atoms with Gasteiger partial charge < -0.3 is 10.1 Å². The van der Waals surface area contributed by atoms with Crippen molar-refractivity contribution >= 4 is 21.6 Å². The summed E-state index contributed by atoms with van der Waals surface area (Å²) in [5.41, 5.74) is 1.10. The minimum atomic E-state index is 0.713. The van der Waals surface area contributed by atoms with Crippen molar-refractivity contribution < 1.29 is 4.74 Å². The maximum absolute atomic E-state index is 5.51. The summed E-state index contributed by atoms with van der Waals surface area (Å²) in [4.78, 5) is 4.67. The largest absolute Gasteiger partial charge is 0.494 e. The summed E-state index contributed by atoms with van der Waals surface area (Å²) in [6.07, 6.45) is 1.11. The van der Waals surface area contributed by atoms with Crippen LogP contribution in [0, 0.1) is 5.92 Å². The van der Waals surface area contributed by atoms with Crippen LogP contribution in [0.3, 0.4) is 0 Å². The summed E-state index contributed by atoms with van der Waals surface area (Å²) in [6.45, 7) is 5.00. The van der Waals surface area contributed by atoms with E-state index in [1.807, 2.05) is 13.0 Å². The maximum atomic E-state index is 5.51. The van der Waals surface area contributed by atoms with Crippen molar-refractivity contribution in [1.82, 2.24) is 10.3 Å². The van der Waals surface area contributed by atoms with Gasteiger partial charge >= 0.3 is 0 Å². The number of nitrogens with one attached hydrogen (secondary N) is 1. The topological polar surface area (TPSA) is 34.1 Å². The Morgan fingerprint density at radius 3 is 3.06 bits per heavy atom. The van der Waals surface area contributed by atoms with E-state index < -0.39 is 0 Å². The Bertz CT molecular complexity index is 519. The number of hydrogen-bond donors (Lipinski definition) is 1. The van der Waals surface area contributed by atoms with E-state index in [2.05, 4.69) is 22.4 Å². The summed E-state index contributed by atoms with van der Waals surface area (Å²) >= 11 is 1.80. The van der Waals surface area contributed by atoms with Gasteiger partial charge in [0.05, 0.1) is 21.8 Å². The van der Waals surface area contributed by atoms with E-state index in [1.54, 1.807) is 11.3 Å². The first kappa shape index (κ1) is 11.0. The highest BCUT2D eigenvalue weighted by molar-refractivity contribution is 7.18. The predicted molar refractivity (Wildman–Crippen MR) is 70.9 cm³/mol. The smallest absolute Gasteiger partial charge is 0.120 e. The lowest BCUT2D eigenvalue weighted by molar-refractivity contribution is 0.341. The Balaban J connectivity index is 1.84. The molecule has 90 valence electrons. The van der Waals surface area contributed by atoms with Crippen LogP contribution in [0.1, 0.15) is 11.9 Å². The van der Waals surface area contributed by atoms with Gasteiger partial charge in [0.15, 0.2) is 0 Å². The zero-order valence-corrected chi connectivity index (χ0v) is 10.7. The standard InChI is InChI=1S/C13H16N2OS/c1-2-16-10-3-4-11-12(6-10)17-13(15-11)5-9-7-14-8-9/h3-4,6,9,14H,2,5,7-8H2,1H3. The quantitative estimate of drug-likeness (QED) is 0.902. The van der Waals surface area contributed by atoms with Crippen LogP contribution in [0.4, 0.5) is 0 Å². The molecule has 1 N–H and O–H groups in total.